The molecule has 218 valence electrons. The molecule has 0 unspecified atom stereocenters. The van der Waals surface area contributed by atoms with Crippen LogP contribution in [-0.4, -0.2) is 53.6 Å². The van der Waals surface area contributed by atoms with Crippen LogP contribution in [0.3, 0.4) is 0 Å². The first kappa shape index (κ1) is 30.0. The monoisotopic (exact) mass is 568 g/mol. The first-order chi connectivity index (χ1) is 20.1. The fourth-order valence-corrected chi connectivity index (χ4v) is 4.23. The molecule has 0 fully saturated rings. The zero-order valence-corrected chi connectivity index (χ0v) is 24.3. The second-order valence-electron chi connectivity index (χ2n) is 10.7. The van der Waals surface area contributed by atoms with Crippen LogP contribution in [0.1, 0.15) is 54.5 Å². The van der Waals surface area contributed by atoms with Gasteiger partial charge in [0.05, 0.1) is 16.8 Å². The number of ether oxygens (including phenoxy) is 1. The van der Waals surface area contributed by atoms with Crippen LogP contribution in [0.15, 0.2) is 73.1 Å². The van der Waals surface area contributed by atoms with Crippen molar-refractivity contribution < 1.29 is 19.1 Å². The molecule has 0 aliphatic rings. The number of pyridine rings is 2. The summed E-state index contributed by atoms with van der Waals surface area (Å²) in [7, 11) is 1.59. The van der Waals surface area contributed by atoms with Crippen molar-refractivity contribution >= 4 is 40.2 Å². The Hall–Kier alpha value is -4.99. The summed E-state index contributed by atoms with van der Waals surface area (Å²) in [5.41, 5.74) is 4.11. The van der Waals surface area contributed by atoms with Crippen LogP contribution in [0.4, 0.5) is 16.2 Å². The van der Waals surface area contributed by atoms with Crippen molar-refractivity contribution in [2.24, 2.45) is 0 Å². The van der Waals surface area contributed by atoms with E-state index in [4.69, 9.17) is 4.74 Å². The van der Waals surface area contributed by atoms with Crippen molar-refractivity contribution in [1.29, 1.82) is 0 Å². The van der Waals surface area contributed by atoms with Crippen molar-refractivity contribution in [3.63, 3.8) is 0 Å². The van der Waals surface area contributed by atoms with Crippen LogP contribution in [0.5, 0.6) is 0 Å². The molecule has 10 nitrogen and oxygen atoms in total. The van der Waals surface area contributed by atoms with Crippen molar-refractivity contribution in [2.75, 3.05) is 25.5 Å². The third-order valence-corrected chi connectivity index (χ3v) is 6.27. The highest BCUT2D eigenvalue weighted by Gasteiger charge is 2.17. The molecule has 0 saturated carbocycles. The molecule has 42 heavy (non-hydrogen) atoms. The van der Waals surface area contributed by atoms with Gasteiger partial charge in [-0.05, 0) is 69.5 Å². The van der Waals surface area contributed by atoms with E-state index in [2.05, 4.69) is 31.2 Å². The van der Waals surface area contributed by atoms with Gasteiger partial charge in [0.15, 0.2) is 0 Å². The number of nitrogens with one attached hydrogen (secondary N) is 4. The molecule has 4 aromatic rings. The number of alkyl carbamates (subject to hydrolysis) is 1. The molecular weight excluding hydrogens is 532 g/mol. The Morgan fingerprint density at radius 1 is 0.810 bits per heavy atom. The van der Waals surface area contributed by atoms with Gasteiger partial charge in [-0.1, -0.05) is 30.3 Å². The molecule has 3 amide bonds. The number of benzene rings is 2. The lowest BCUT2D eigenvalue weighted by Gasteiger charge is -2.19. The first-order valence-corrected chi connectivity index (χ1v) is 13.8. The number of para-hydroxylation sites is 1. The smallest absolute Gasteiger partial charge is 0.407 e. The fourth-order valence-electron chi connectivity index (χ4n) is 4.23. The van der Waals surface area contributed by atoms with Gasteiger partial charge in [-0.2, -0.15) is 0 Å². The average molecular weight is 569 g/mol. The average Bonchev–Trinajstić information content (AvgIpc) is 2.98. The minimum absolute atomic E-state index is 0.246. The molecule has 2 heterocycles. The van der Waals surface area contributed by atoms with Gasteiger partial charge in [0.1, 0.15) is 11.3 Å². The van der Waals surface area contributed by atoms with Gasteiger partial charge in [0, 0.05) is 49.2 Å². The minimum Gasteiger partial charge on any atom is -0.444 e. The van der Waals surface area contributed by atoms with Crippen molar-refractivity contribution in [1.82, 2.24) is 25.9 Å². The molecule has 0 radical (unpaired) electrons. The van der Waals surface area contributed by atoms with Crippen LogP contribution in [0.2, 0.25) is 0 Å². The molecule has 0 spiro atoms. The van der Waals surface area contributed by atoms with Crippen molar-refractivity contribution in [2.45, 2.75) is 39.2 Å². The summed E-state index contributed by atoms with van der Waals surface area (Å²) in [6, 6.07) is 18.9. The van der Waals surface area contributed by atoms with E-state index in [0.29, 0.717) is 42.9 Å². The van der Waals surface area contributed by atoms with Crippen LogP contribution >= 0.6 is 0 Å². The number of aromatic nitrogens is 2. The number of rotatable bonds is 10. The van der Waals surface area contributed by atoms with Crippen molar-refractivity contribution in [3.8, 4) is 11.1 Å². The maximum absolute atomic E-state index is 12.7. The Kier molecular flexibility index (Phi) is 9.69. The summed E-state index contributed by atoms with van der Waals surface area (Å²) < 4.78 is 5.20. The molecule has 0 aliphatic carbocycles. The molecule has 10 heteroatoms. The predicted octanol–water partition coefficient (Wildman–Crippen LogP) is 5.43. The topological polar surface area (TPSA) is 134 Å². The number of amides is 3. The summed E-state index contributed by atoms with van der Waals surface area (Å²) in [5.74, 6) is -0.515. The number of hydrogen-bond acceptors (Lipinski definition) is 7. The highest BCUT2D eigenvalue weighted by Crippen LogP contribution is 2.32. The fraction of sp³-hybridized carbons (Fsp3) is 0.281. The third kappa shape index (κ3) is 8.03. The van der Waals surface area contributed by atoms with Gasteiger partial charge in [0.25, 0.3) is 11.8 Å². The molecule has 4 rings (SSSR count). The normalized spacial score (nSPS) is 11.0. The quantitative estimate of drug-likeness (QED) is 0.187. The Balaban J connectivity index is 1.42. The Labute approximate surface area is 245 Å². The number of nitrogens with zero attached hydrogens (tertiary/aromatic N) is 2. The summed E-state index contributed by atoms with van der Waals surface area (Å²) in [6.07, 6.45) is 4.17. The number of unbranched alkanes of at least 4 members (excludes halogenated alkanes) is 1. The summed E-state index contributed by atoms with van der Waals surface area (Å²) in [4.78, 5) is 45.8. The molecule has 0 saturated heterocycles. The number of fused-ring (bicyclic) bond motifs is 1. The van der Waals surface area contributed by atoms with Crippen LogP contribution in [0.25, 0.3) is 22.0 Å². The van der Waals surface area contributed by atoms with E-state index in [1.165, 1.54) is 0 Å². The molecule has 2 aromatic heterocycles. The van der Waals surface area contributed by atoms with Gasteiger partial charge in [-0.25, -0.2) is 4.79 Å². The lowest BCUT2D eigenvalue weighted by Crippen LogP contribution is -2.33. The zero-order chi connectivity index (χ0) is 30.1. The second kappa shape index (κ2) is 13.6. The number of hydrogen-bond donors (Lipinski definition) is 4. The third-order valence-electron chi connectivity index (χ3n) is 6.27. The summed E-state index contributed by atoms with van der Waals surface area (Å²) in [6.45, 7) is 6.36. The SMILES string of the molecule is CNC(=O)c1cnc2ccc(-c3ccc(C(=O)NCCCCNC(=O)OC(C)(C)C)nc3)cc2c1Nc1ccccc1. The van der Waals surface area contributed by atoms with Gasteiger partial charge in [0.2, 0.25) is 0 Å². The molecule has 0 aliphatic heterocycles. The van der Waals surface area contributed by atoms with Crippen LogP contribution in [0, 0.1) is 0 Å². The lowest BCUT2D eigenvalue weighted by molar-refractivity contribution is 0.0526. The molecule has 0 bridgehead atoms. The number of carbonyl (C=O) groups is 3. The highest BCUT2D eigenvalue weighted by molar-refractivity contribution is 6.08. The Morgan fingerprint density at radius 3 is 2.19 bits per heavy atom. The zero-order valence-electron chi connectivity index (χ0n) is 24.3. The van der Waals surface area contributed by atoms with Gasteiger partial charge < -0.3 is 26.0 Å². The van der Waals surface area contributed by atoms with E-state index in [0.717, 1.165) is 27.7 Å². The standard InChI is InChI=1S/C32H36N6O4/c1-32(2,3)42-31(41)35-17-9-8-16-34-30(40)27-15-13-22(19-36-27)21-12-14-26-24(18-21)28(25(20-37-26)29(39)33-4)38-23-10-6-5-7-11-23/h5-7,10-15,18-20H,8-9,16-17H2,1-4H3,(H,33,39)(H,34,40)(H,35,41)(H,37,38). The molecule has 0 atom stereocenters. The van der Waals surface area contributed by atoms with Crippen LogP contribution in [-0.2, 0) is 4.74 Å². The number of carbonyl (C=O) groups excluding carboxylic acids is 3. The van der Waals surface area contributed by atoms with E-state index >= 15 is 0 Å². The molecule has 2 aromatic carbocycles. The molecular formula is C32H36N6O4. The lowest BCUT2D eigenvalue weighted by atomic mass is 10.0. The maximum Gasteiger partial charge on any atom is 0.407 e. The molecule has 4 N–H and O–H groups in total. The van der Waals surface area contributed by atoms with E-state index in [1.807, 2.05) is 75.4 Å². The largest absolute Gasteiger partial charge is 0.444 e. The second-order valence-corrected chi connectivity index (χ2v) is 10.7. The minimum atomic E-state index is -0.537. The van der Waals surface area contributed by atoms with E-state index < -0.39 is 11.7 Å². The van der Waals surface area contributed by atoms with Crippen molar-refractivity contribution in [3.05, 3.63) is 84.3 Å². The Morgan fingerprint density at radius 2 is 1.52 bits per heavy atom. The maximum atomic E-state index is 12.7. The summed E-state index contributed by atoms with van der Waals surface area (Å²) >= 11 is 0. The Bertz CT molecular complexity index is 1550. The van der Waals surface area contributed by atoms with Gasteiger partial charge in [-0.3, -0.25) is 19.6 Å². The van der Waals surface area contributed by atoms with Crippen LogP contribution < -0.4 is 21.3 Å². The highest BCUT2D eigenvalue weighted by atomic mass is 16.6. The summed E-state index contributed by atoms with van der Waals surface area (Å²) in [5, 5.41) is 12.4. The van der Waals surface area contributed by atoms with E-state index in [1.54, 1.807) is 25.5 Å². The van der Waals surface area contributed by atoms with E-state index in [9.17, 15) is 14.4 Å². The predicted molar refractivity (Wildman–Crippen MR) is 164 cm³/mol. The van der Waals surface area contributed by atoms with Gasteiger partial charge in [-0.15, -0.1) is 0 Å². The number of anilines is 2. The van der Waals surface area contributed by atoms with Gasteiger partial charge >= 0.3 is 6.09 Å². The van der Waals surface area contributed by atoms with E-state index in [-0.39, 0.29) is 11.8 Å². The first-order valence-electron chi connectivity index (χ1n) is 13.8.